The van der Waals surface area contributed by atoms with Gasteiger partial charge < -0.3 is 16.4 Å². The van der Waals surface area contributed by atoms with E-state index in [1.54, 1.807) is 0 Å². The molecule has 9 heavy (non-hydrogen) atoms. The van der Waals surface area contributed by atoms with Crippen LogP contribution in [0.25, 0.3) is 0 Å². The highest BCUT2D eigenvalue weighted by Gasteiger charge is 2.20. The van der Waals surface area contributed by atoms with Crippen LogP contribution in [0.4, 0.5) is 0 Å². The van der Waals surface area contributed by atoms with Gasteiger partial charge in [0, 0.05) is 12.8 Å². The van der Waals surface area contributed by atoms with E-state index in [0.29, 0.717) is 0 Å². The fourth-order valence-corrected chi connectivity index (χ4v) is 0.556. The standard InChI is InChI=1S/C4H4NO3.H3N/c6-3-1-2-4(7)5(3)8;/h1-2H2;1H3/q-1;/p+1. The van der Waals surface area contributed by atoms with E-state index in [4.69, 9.17) is 0 Å². The minimum Gasteiger partial charge on any atom is -0.750 e. The van der Waals surface area contributed by atoms with Gasteiger partial charge in [0.25, 0.3) is 0 Å². The van der Waals surface area contributed by atoms with Crippen molar-refractivity contribution in [3.63, 3.8) is 0 Å². The highest BCUT2D eigenvalue weighted by Crippen LogP contribution is 2.08. The molecule has 0 aromatic heterocycles. The second-order valence-electron chi connectivity index (χ2n) is 1.58. The molecule has 0 bridgehead atoms. The smallest absolute Gasteiger partial charge is 0.219 e. The van der Waals surface area contributed by atoms with Crippen LogP contribution in [0.1, 0.15) is 12.8 Å². The van der Waals surface area contributed by atoms with E-state index in [0.717, 1.165) is 0 Å². The largest absolute Gasteiger partial charge is 0.750 e. The Balaban J connectivity index is 0.000000640. The van der Waals surface area contributed by atoms with Gasteiger partial charge in [-0.3, -0.25) is 9.59 Å². The summed E-state index contributed by atoms with van der Waals surface area (Å²) in [5.74, 6) is -1.23. The number of nitrogens with zero attached hydrogens (tertiary/aromatic N) is 1. The Morgan fingerprint density at radius 3 is 1.67 bits per heavy atom. The molecule has 1 heterocycles. The molecular weight excluding hydrogens is 124 g/mol. The van der Waals surface area contributed by atoms with E-state index in [9.17, 15) is 14.8 Å². The van der Waals surface area contributed by atoms with Crippen LogP contribution in [-0.4, -0.2) is 16.9 Å². The van der Waals surface area contributed by atoms with Gasteiger partial charge in [-0.1, -0.05) is 0 Å². The third-order valence-electron chi connectivity index (χ3n) is 1.01. The monoisotopic (exact) mass is 132 g/mol. The first-order valence-corrected chi connectivity index (χ1v) is 2.25. The van der Waals surface area contributed by atoms with Crippen molar-refractivity contribution in [2.75, 3.05) is 0 Å². The van der Waals surface area contributed by atoms with Crippen molar-refractivity contribution in [1.29, 1.82) is 0 Å². The Kier molecular flexibility index (Phi) is 2.29. The van der Waals surface area contributed by atoms with Crippen molar-refractivity contribution in [2.24, 2.45) is 0 Å². The second kappa shape index (κ2) is 2.56. The highest BCUT2D eigenvalue weighted by atomic mass is 16.5. The number of carbonyl (C=O) groups is 2. The molecule has 0 unspecified atom stereocenters. The lowest BCUT2D eigenvalue weighted by atomic mass is 10.4. The Labute approximate surface area is 51.8 Å². The van der Waals surface area contributed by atoms with Crippen molar-refractivity contribution in [3.05, 3.63) is 5.21 Å². The topological polar surface area (TPSA) is 96.9 Å². The van der Waals surface area contributed by atoms with E-state index in [-0.39, 0.29) is 24.1 Å². The summed E-state index contributed by atoms with van der Waals surface area (Å²) in [7, 11) is 0. The lowest BCUT2D eigenvalue weighted by Crippen LogP contribution is -2.21. The quantitative estimate of drug-likeness (QED) is 0.470. The molecule has 1 aliphatic heterocycles. The highest BCUT2D eigenvalue weighted by molar-refractivity contribution is 6.02. The minimum atomic E-state index is -0.616. The van der Waals surface area contributed by atoms with Gasteiger partial charge in [-0.15, -0.1) is 0 Å². The zero-order valence-corrected chi connectivity index (χ0v) is 5.09. The van der Waals surface area contributed by atoms with Crippen LogP contribution in [0.3, 0.4) is 0 Å². The van der Waals surface area contributed by atoms with Crippen molar-refractivity contribution in [2.45, 2.75) is 12.8 Å². The molecule has 0 radical (unpaired) electrons. The third kappa shape index (κ3) is 1.24. The van der Waals surface area contributed by atoms with Crippen LogP contribution in [0.2, 0.25) is 0 Å². The maximum atomic E-state index is 10.2. The van der Waals surface area contributed by atoms with Crippen LogP contribution in [0.15, 0.2) is 0 Å². The van der Waals surface area contributed by atoms with Crippen LogP contribution >= 0.6 is 0 Å². The maximum Gasteiger partial charge on any atom is 0.219 e. The number of amides is 2. The Hall–Kier alpha value is -0.940. The summed E-state index contributed by atoms with van der Waals surface area (Å²) in [6.07, 6.45) is 0.171. The second-order valence-corrected chi connectivity index (χ2v) is 1.58. The molecule has 0 aromatic rings. The molecule has 4 N–H and O–H groups in total. The van der Waals surface area contributed by atoms with Gasteiger partial charge in [0.05, 0.1) is 0 Å². The summed E-state index contributed by atoms with van der Waals surface area (Å²) in [4.78, 5) is 20.4. The molecule has 0 aromatic carbocycles. The van der Waals surface area contributed by atoms with Crippen molar-refractivity contribution < 1.29 is 9.59 Å². The normalized spacial score (nSPS) is 18.1. The van der Waals surface area contributed by atoms with Crippen LogP contribution in [0, 0.1) is 5.21 Å². The lowest BCUT2D eigenvalue weighted by molar-refractivity contribution is -0.135. The molecule has 0 saturated carbocycles. The summed E-state index contributed by atoms with van der Waals surface area (Å²) < 4.78 is 0. The molecule has 2 amide bonds. The van der Waals surface area contributed by atoms with Gasteiger partial charge in [0.15, 0.2) is 0 Å². The molecule has 1 fully saturated rings. The van der Waals surface area contributed by atoms with Crippen molar-refractivity contribution >= 4 is 11.8 Å². The van der Waals surface area contributed by atoms with E-state index in [2.05, 4.69) is 0 Å². The first-order chi connectivity index (χ1) is 3.72. The molecule has 0 spiro atoms. The lowest BCUT2D eigenvalue weighted by Gasteiger charge is -2.17. The fraction of sp³-hybridized carbons (Fsp3) is 0.500. The summed E-state index contributed by atoms with van der Waals surface area (Å²) >= 11 is 0. The SMILES string of the molecule is O=C1CCC(=O)N1[O-].[NH4+]. The van der Waals surface area contributed by atoms with Gasteiger partial charge in [0.2, 0.25) is 11.8 Å². The van der Waals surface area contributed by atoms with E-state index in [1.165, 1.54) is 0 Å². The van der Waals surface area contributed by atoms with Gasteiger partial charge in [0.1, 0.15) is 0 Å². The molecule has 0 aliphatic carbocycles. The van der Waals surface area contributed by atoms with Gasteiger partial charge in [-0.2, -0.15) is 0 Å². The third-order valence-corrected chi connectivity index (χ3v) is 1.01. The summed E-state index contributed by atoms with van der Waals surface area (Å²) in [6, 6.07) is 0. The zero-order valence-electron chi connectivity index (χ0n) is 5.09. The first kappa shape index (κ1) is 8.06. The van der Waals surface area contributed by atoms with Gasteiger partial charge >= 0.3 is 0 Å². The van der Waals surface area contributed by atoms with E-state index < -0.39 is 11.8 Å². The summed E-state index contributed by atoms with van der Waals surface area (Å²) in [5, 5.41) is 10.0. The van der Waals surface area contributed by atoms with Crippen molar-refractivity contribution in [3.8, 4) is 0 Å². The van der Waals surface area contributed by atoms with Gasteiger partial charge in [-0.05, 0) is 0 Å². The predicted molar refractivity (Wildman–Crippen MR) is 30.4 cm³/mol. The predicted octanol–water partition coefficient (Wildman–Crippen LogP) is 0.00940. The Bertz CT molecular complexity index is 129. The molecule has 0 atom stereocenters. The number of rotatable bonds is 0. The average Bonchev–Trinajstić information content (AvgIpc) is 1.98. The van der Waals surface area contributed by atoms with E-state index in [1.807, 2.05) is 0 Å². The average molecular weight is 132 g/mol. The van der Waals surface area contributed by atoms with Gasteiger partial charge in [-0.25, -0.2) is 0 Å². The molecule has 5 heteroatoms. The summed E-state index contributed by atoms with van der Waals surface area (Å²) in [6.45, 7) is 0. The summed E-state index contributed by atoms with van der Waals surface area (Å²) in [5.41, 5.74) is 0. The first-order valence-electron chi connectivity index (χ1n) is 2.25. The number of carbonyl (C=O) groups excluding carboxylic acids is 2. The minimum absolute atomic E-state index is 0. The Morgan fingerprint density at radius 1 is 1.22 bits per heavy atom. The van der Waals surface area contributed by atoms with Crippen LogP contribution in [-0.2, 0) is 9.59 Å². The zero-order chi connectivity index (χ0) is 6.15. The number of hydrogen-bond acceptors (Lipinski definition) is 3. The number of hydrogen-bond donors (Lipinski definition) is 1. The molecule has 52 valence electrons. The van der Waals surface area contributed by atoms with Crippen LogP contribution in [0.5, 0.6) is 0 Å². The Morgan fingerprint density at radius 2 is 1.56 bits per heavy atom. The van der Waals surface area contributed by atoms with Crippen molar-refractivity contribution in [1.82, 2.24) is 11.2 Å². The number of imide groups is 1. The maximum absolute atomic E-state index is 10.2. The molecular formula is C4H8N2O3. The molecule has 1 saturated heterocycles. The fourth-order valence-electron chi connectivity index (χ4n) is 0.556. The molecule has 1 rings (SSSR count). The molecule has 1 aliphatic rings. The molecule has 5 nitrogen and oxygen atoms in total. The number of quaternary nitrogens is 1. The number of hydroxylamine groups is 2. The van der Waals surface area contributed by atoms with Crippen LogP contribution < -0.4 is 6.15 Å². The van der Waals surface area contributed by atoms with E-state index >= 15 is 0 Å².